The molecule has 1 aromatic heterocycles. The van der Waals surface area contributed by atoms with Crippen molar-refractivity contribution in [2.45, 2.75) is 33.2 Å². The Hall–Kier alpha value is -1.60. The number of nitrogens with one attached hydrogen (secondary N) is 1. The maximum absolute atomic E-state index is 8.89. The van der Waals surface area contributed by atoms with Gasteiger partial charge in [-0.15, -0.1) is 0 Å². The van der Waals surface area contributed by atoms with E-state index in [9.17, 15) is 0 Å². The van der Waals surface area contributed by atoms with Crippen LogP contribution in [0.3, 0.4) is 0 Å². The Morgan fingerprint density at radius 1 is 1.44 bits per heavy atom. The van der Waals surface area contributed by atoms with Gasteiger partial charge in [0.05, 0.1) is 18.6 Å². The smallest absolute Gasteiger partial charge is 0.212 e. The third-order valence-corrected chi connectivity index (χ3v) is 2.79. The van der Waals surface area contributed by atoms with E-state index in [1.807, 2.05) is 32.2 Å². The van der Waals surface area contributed by atoms with Crippen molar-refractivity contribution in [3.63, 3.8) is 0 Å². The SMILES string of the molecule is COc1ccc(CNCCCC(C)(C)C#N)cn1. The number of hydrogen-bond acceptors (Lipinski definition) is 4. The highest BCUT2D eigenvalue weighted by Gasteiger charge is 2.15. The zero-order chi connectivity index (χ0) is 13.4. The molecule has 0 atom stereocenters. The van der Waals surface area contributed by atoms with Gasteiger partial charge in [0.2, 0.25) is 5.88 Å². The fourth-order valence-corrected chi connectivity index (χ4v) is 1.58. The van der Waals surface area contributed by atoms with E-state index in [1.54, 1.807) is 7.11 Å². The Balaban J connectivity index is 2.20. The van der Waals surface area contributed by atoms with Crippen molar-refractivity contribution in [1.82, 2.24) is 10.3 Å². The fraction of sp³-hybridized carbons (Fsp3) is 0.571. The van der Waals surface area contributed by atoms with Gasteiger partial charge in [-0.1, -0.05) is 6.07 Å². The molecule has 0 unspecified atom stereocenters. The summed E-state index contributed by atoms with van der Waals surface area (Å²) in [5.74, 6) is 0.634. The number of ether oxygens (including phenoxy) is 1. The van der Waals surface area contributed by atoms with Gasteiger partial charge < -0.3 is 10.1 Å². The third kappa shape index (κ3) is 5.15. The average molecular weight is 247 g/mol. The normalized spacial score (nSPS) is 11.0. The quantitative estimate of drug-likeness (QED) is 0.752. The van der Waals surface area contributed by atoms with Crippen LogP contribution in [0.4, 0.5) is 0 Å². The largest absolute Gasteiger partial charge is 0.481 e. The zero-order valence-corrected chi connectivity index (χ0v) is 11.4. The molecule has 4 heteroatoms. The Labute approximate surface area is 109 Å². The van der Waals surface area contributed by atoms with Crippen LogP contribution in [0, 0.1) is 16.7 Å². The number of pyridine rings is 1. The van der Waals surface area contributed by atoms with Crippen molar-refractivity contribution >= 4 is 0 Å². The maximum Gasteiger partial charge on any atom is 0.212 e. The molecular weight excluding hydrogens is 226 g/mol. The summed E-state index contributed by atoms with van der Waals surface area (Å²) in [6, 6.07) is 6.17. The van der Waals surface area contributed by atoms with Gasteiger partial charge in [-0.25, -0.2) is 4.98 Å². The molecule has 0 bridgehead atoms. The van der Waals surface area contributed by atoms with Gasteiger partial charge in [-0.05, 0) is 38.8 Å². The third-order valence-electron chi connectivity index (χ3n) is 2.79. The van der Waals surface area contributed by atoms with Gasteiger partial charge in [-0.3, -0.25) is 0 Å². The summed E-state index contributed by atoms with van der Waals surface area (Å²) >= 11 is 0. The summed E-state index contributed by atoms with van der Waals surface area (Å²) in [7, 11) is 1.61. The monoisotopic (exact) mass is 247 g/mol. The highest BCUT2D eigenvalue weighted by Crippen LogP contribution is 2.19. The van der Waals surface area contributed by atoms with Gasteiger partial charge in [0.25, 0.3) is 0 Å². The first-order chi connectivity index (χ1) is 8.57. The molecule has 0 aliphatic carbocycles. The van der Waals surface area contributed by atoms with Gasteiger partial charge in [0.1, 0.15) is 0 Å². The first-order valence-corrected chi connectivity index (χ1v) is 6.18. The number of hydrogen-bond donors (Lipinski definition) is 1. The summed E-state index contributed by atoms with van der Waals surface area (Å²) in [6.45, 7) is 5.65. The maximum atomic E-state index is 8.89. The van der Waals surface area contributed by atoms with Crippen LogP contribution in [0.2, 0.25) is 0 Å². The van der Waals surface area contributed by atoms with E-state index in [1.165, 1.54) is 0 Å². The van der Waals surface area contributed by atoms with Crippen LogP contribution in [-0.4, -0.2) is 18.6 Å². The molecule has 1 rings (SSSR count). The van der Waals surface area contributed by atoms with Crippen molar-refractivity contribution < 1.29 is 4.74 Å². The molecule has 0 saturated heterocycles. The topological polar surface area (TPSA) is 57.9 Å². The van der Waals surface area contributed by atoms with E-state index in [4.69, 9.17) is 10.00 Å². The molecule has 0 aliphatic heterocycles. The number of rotatable bonds is 7. The van der Waals surface area contributed by atoms with Crippen LogP contribution in [0.25, 0.3) is 0 Å². The van der Waals surface area contributed by atoms with Crippen LogP contribution >= 0.6 is 0 Å². The van der Waals surface area contributed by atoms with E-state index in [0.717, 1.165) is 31.5 Å². The van der Waals surface area contributed by atoms with Crippen molar-refractivity contribution in [3.05, 3.63) is 23.9 Å². The molecule has 1 aromatic rings. The summed E-state index contributed by atoms with van der Waals surface area (Å²) in [5, 5.41) is 12.2. The lowest BCUT2D eigenvalue weighted by Gasteiger charge is -2.14. The molecule has 0 aliphatic rings. The highest BCUT2D eigenvalue weighted by molar-refractivity contribution is 5.17. The Bertz CT molecular complexity index is 392. The molecule has 1 heterocycles. The minimum Gasteiger partial charge on any atom is -0.481 e. The molecule has 0 aromatic carbocycles. The summed E-state index contributed by atoms with van der Waals surface area (Å²) < 4.78 is 5.00. The predicted molar refractivity (Wildman–Crippen MR) is 71.1 cm³/mol. The lowest BCUT2D eigenvalue weighted by molar-refractivity contribution is 0.397. The first kappa shape index (κ1) is 14.5. The van der Waals surface area contributed by atoms with Crippen molar-refractivity contribution in [2.24, 2.45) is 5.41 Å². The van der Waals surface area contributed by atoms with E-state index >= 15 is 0 Å². The fourth-order valence-electron chi connectivity index (χ4n) is 1.58. The van der Waals surface area contributed by atoms with E-state index in [-0.39, 0.29) is 5.41 Å². The molecule has 0 saturated carbocycles. The second-order valence-electron chi connectivity index (χ2n) is 4.98. The zero-order valence-electron chi connectivity index (χ0n) is 11.4. The van der Waals surface area contributed by atoms with Gasteiger partial charge >= 0.3 is 0 Å². The van der Waals surface area contributed by atoms with Crippen molar-refractivity contribution in [3.8, 4) is 11.9 Å². The molecule has 1 N–H and O–H groups in total. The highest BCUT2D eigenvalue weighted by atomic mass is 16.5. The standard InChI is InChI=1S/C14H21N3O/c1-14(2,11-15)7-4-8-16-9-12-5-6-13(18-3)17-10-12/h5-6,10,16H,4,7-9H2,1-3H3. The lowest BCUT2D eigenvalue weighted by atomic mass is 9.90. The van der Waals surface area contributed by atoms with Gasteiger partial charge in [-0.2, -0.15) is 5.26 Å². The number of methoxy groups -OCH3 is 1. The van der Waals surface area contributed by atoms with Crippen LogP contribution in [-0.2, 0) is 6.54 Å². The van der Waals surface area contributed by atoms with E-state index < -0.39 is 0 Å². The molecular formula is C14H21N3O. The molecule has 0 radical (unpaired) electrons. The molecule has 0 amide bonds. The van der Waals surface area contributed by atoms with Crippen LogP contribution in [0.15, 0.2) is 18.3 Å². The predicted octanol–water partition coefficient (Wildman–Crippen LogP) is 2.51. The van der Waals surface area contributed by atoms with Gasteiger partial charge in [0.15, 0.2) is 0 Å². The summed E-state index contributed by atoms with van der Waals surface area (Å²) in [4.78, 5) is 4.14. The number of aromatic nitrogens is 1. The minimum atomic E-state index is -0.219. The molecule has 18 heavy (non-hydrogen) atoms. The van der Waals surface area contributed by atoms with E-state index in [0.29, 0.717) is 5.88 Å². The molecule has 0 spiro atoms. The number of nitriles is 1. The summed E-state index contributed by atoms with van der Waals surface area (Å²) in [5.41, 5.74) is 0.916. The molecule has 0 fully saturated rings. The second-order valence-corrected chi connectivity index (χ2v) is 4.98. The average Bonchev–Trinajstić information content (AvgIpc) is 2.39. The lowest BCUT2D eigenvalue weighted by Crippen LogP contribution is -2.17. The Morgan fingerprint density at radius 2 is 2.22 bits per heavy atom. The van der Waals surface area contributed by atoms with Crippen LogP contribution < -0.4 is 10.1 Å². The van der Waals surface area contributed by atoms with Crippen molar-refractivity contribution in [1.29, 1.82) is 5.26 Å². The number of nitrogens with zero attached hydrogens (tertiary/aromatic N) is 2. The summed E-state index contributed by atoms with van der Waals surface area (Å²) in [6.07, 6.45) is 3.73. The van der Waals surface area contributed by atoms with Crippen LogP contribution in [0.1, 0.15) is 32.3 Å². The molecule has 4 nitrogen and oxygen atoms in total. The molecule has 98 valence electrons. The Morgan fingerprint density at radius 3 is 2.78 bits per heavy atom. The van der Waals surface area contributed by atoms with Gasteiger partial charge in [0, 0.05) is 18.8 Å². The first-order valence-electron chi connectivity index (χ1n) is 6.18. The van der Waals surface area contributed by atoms with Crippen molar-refractivity contribution in [2.75, 3.05) is 13.7 Å². The Kier molecular flexibility index (Phi) is 5.60. The second kappa shape index (κ2) is 6.97. The minimum absolute atomic E-state index is 0.219. The van der Waals surface area contributed by atoms with E-state index in [2.05, 4.69) is 16.4 Å². The van der Waals surface area contributed by atoms with Crippen LogP contribution in [0.5, 0.6) is 5.88 Å².